The van der Waals surface area contributed by atoms with Crippen molar-refractivity contribution in [3.63, 3.8) is 0 Å². The van der Waals surface area contributed by atoms with Gasteiger partial charge in [0, 0.05) is 12.1 Å². The molecular formula is C23H22ClN5O5. The third-order valence-corrected chi connectivity index (χ3v) is 5.07. The quantitative estimate of drug-likeness (QED) is 0.343. The maximum Gasteiger partial charge on any atom is 0.258 e. The van der Waals surface area contributed by atoms with Crippen molar-refractivity contribution < 1.29 is 23.7 Å². The number of hydrogen-bond acceptors (Lipinski definition) is 8. The Morgan fingerprint density at radius 3 is 2.65 bits per heavy atom. The second kappa shape index (κ2) is 10.7. The van der Waals surface area contributed by atoms with Crippen molar-refractivity contribution in [2.45, 2.75) is 0 Å². The Hall–Kier alpha value is -4.05. The number of carbonyl (C=O) groups excluding carboxylic acids is 1. The van der Waals surface area contributed by atoms with Gasteiger partial charge in [-0.25, -0.2) is 0 Å². The molecule has 0 radical (unpaired) electrons. The number of rotatable bonds is 10. The smallest absolute Gasteiger partial charge is 0.258 e. The number of benzene rings is 2. The summed E-state index contributed by atoms with van der Waals surface area (Å²) >= 11 is 6.01. The van der Waals surface area contributed by atoms with Gasteiger partial charge >= 0.3 is 0 Å². The molecule has 176 valence electrons. The fourth-order valence-corrected chi connectivity index (χ4v) is 3.29. The summed E-state index contributed by atoms with van der Waals surface area (Å²) in [6, 6.07) is 15.8. The average Bonchev–Trinajstić information content (AvgIpc) is 3.28. The number of hydrogen-bond donors (Lipinski definition) is 1. The molecule has 0 saturated heterocycles. The summed E-state index contributed by atoms with van der Waals surface area (Å²) < 4.78 is 23.4. The normalized spacial score (nSPS) is 10.7. The molecule has 4 aromatic rings. The van der Waals surface area contributed by atoms with E-state index in [1.807, 2.05) is 6.07 Å². The van der Waals surface area contributed by atoms with Crippen LogP contribution < -0.4 is 24.3 Å². The van der Waals surface area contributed by atoms with Crippen LogP contribution in [0, 0.1) is 0 Å². The highest BCUT2D eigenvalue weighted by atomic mass is 35.5. The number of ether oxygens (including phenoxy) is 4. The second-order valence-corrected chi connectivity index (χ2v) is 7.36. The third-order valence-electron chi connectivity index (χ3n) is 4.76. The molecule has 0 spiro atoms. The van der Waals surface area contributed by atoms with Gasteiger partial charge in [-0.2, -0.15) is 4.52 Å². The monoisotopic (exact) mass is 483 g/mol. The first-order valence-corrected chi connectivity index (χ1v) is 10.7. The van der Waals surface area contributed by atoms with Gasteiger partial charge in [0.1, 0.15) is 23.9 Å². The number of methoxy groups -OCH3 is 2. The molecule has 0 atom stereocenters. The number of carbonyl (C=O) groups is 1. The van der Waals surface area contributed by atoms with E-state index in [-0.39, 0.29) is 25.7 Å². The van der Waals surface area contributed by atoms with Gasteiger partial charge in [0.25, 0.3) is 5.91 Å². The number of aromatic nitrogens is 4. The molecule has 0 aliphatic heterocycles. The van der Waals surface area contributed by atoms with Gasteiger partial charge in [0.15, 0.2) is 18.1 Å². The van der Waals surface area contributed by atoms with Gasteiger partial charge in [0.05, 0.1) is 31.4 Å². The predicted molar refractivity (Wildman–Crippen MR) is 125 cm³/mol. The molecule has 0 aliphatic carbocycles. The van der Waals surface area contributed by atoms with Crippen molar-refractivity contribution in [3.8, 4) is 34.5 Å². The van der Waals surface area contributed by atoms with Crippen LogP contribution in [0.25, 0.3) is 17.0 Å². The minimum atomic E-state index is -0.292. The highest BCUT2D eigenvalue weighted by Gasteiger charge is 2.16. The van der Waals surface area contributed by atoms with E-state index in [2.05, 4.69) is 20.6 Å². The lowest BCUT2D eigenvalue weighted by atomic mass is 10.2. The topological polar surface area (TPSA) is 109 Å². The maximum absolute atomic E-state index is 12.0. The Bertz CT molecular complexity index is 1300. The summed E-state index contributed by atoms with van der Waals surface area (Å²) in [5.41, 5.74) is 1.25. The van der Waals surface area contributed by atoms with Crippen LogP contribution in [-0.2, 0) is 4.79 Å². The van der Waals surface area contributed by atoms with Crippen molar-refractivity contribution in [1.29, 1.82) is 0 Å². The number of halogens is 1. The Morgan fingerprint density at radius 1 is 1.00 bits per heavy atom. The fraction of sp³-hybridized carbons (Fsp3) is 0.217. The van der Waals surface area contributed by atoms with E-state index >= 15 is 0 Å². The van der Waals surface area contributed by atoms with Crippen molar-refractivity contribution in [1.82, 2.24) is 25.1 Å². The molecule has 34 heavy (non-hydrogen) atoms. The number of nitrogens with one attached hydrogen (secondary N) is 1. The average molecular weight is 484 g/mol. The minimum absolute atomic E-state index is 0.151. The van der Waals surface area contributed by atoms with Gasteiger partial charge in [-0.1, -0.05) is 23.7 Å². The zero-order valence-electron chi connectivity index (χ0n) is 18.5. The van der Waals surface area contributed by atoms with Gasteiger partial charge in [-0.3, -0.25) is 4.79 Å². The van der Waals surface area contributed by atoms with Gasteiger partial charge < -0.3 is 24.3 Å². The molecule has 0 bridgehead atoms. The molecule has 2 aromatic heterocycles. The number of para-hydroxylation sites is 1. The van der Waals surface area contributed by atoms with E-state index in [0.29, 0.717) is 45.2 Å². The summed E-state index contributed by atoms with van der Waals surface area (Å²) in [7, 11) is 3.15. The fourth-order valence-electron chi connectivity index (χ4n) is 3.10. The lowest BCUT2D eigenvalue weighted by Crippen LogP contribution is -2.32. The van der Waals surface area contributed by atoms with Crippen LogP contribution in [0.2, 0.25) is 5.02 Å². The Balaban J connectivity index is 1.35. The minimum Gasteiger partial charge on any atom is -0.497 e. The van der Waals surface area contributed by atoms with E-state index in [9.17, 15) is 4.79 Å². The van der Waals surface area contributed by atoms with Crippen LogP contribution in [0.3, 0.4) is 0 Å². The molecule has 11 heteroatoms. The molecule has 1 N–H and O–H groups in total. The molecule has 0 fully saturated rings. The molecule has 0 saturated carbocycles. The third kappa shape index (κ3) is 5.29. The van der Waals surface area contributed by atoms with Gasteiger partial charge in [-0.15, -0.1) is 15.3 Å². The largest absolute Gasteiger partial charge is 0.497 e. The molecule has 0 aliphatic rings. The summed E-state index contributed by atoms with van der Waals surface area (Å²) in [6.45, 7) is 0.327. The second-order valence-electron chi connectivity index (χ2n) is 6.95. The van der Waals surface area contributed by atoms with E-state index in [1.54, 1.807) is 67.3 Å². The van der Waals surface area contributed by atoms with Crippen LogP contribution in [0.15, 0.2) is 54.6 Å². The first kappa shape index (κ1) is 23.1. The van der Waals surface area contributed by atoms with Crippen LogP contribution >= 0.6 is 11.6 Å². The lowest BCUT2D eigenvalue weighted by molar-refractivity contribution is -0.123. The highest BCUT2D eigenvalue weighted by molar-refractivity contribution is 6.32. The number of nitrogens with zero attached hydrogens (tertiary/aromatic N) is 4. The van der Waals surface area contributed by atoms with Crippen LogP contribution in [0.4, 0.5) is 0 Å². The summed E-state index contributed by atoms with van der Waals surface area (Å²) in [6.07, 6.45) is 0. The van der Waals surface area contributed by atoms with Crippen molar-refractivity contribution in [2.75, 3.05) is 34.0 Å². The molecular weight excluding hydrogens is 462 g/mol. The maximum atomic E-state index is 12.0. The first-order valence-electron chi connectivity index (χ1n) is 10.3. The summed E-state index contributed by atoms with van der Waals surface area (Å²) in [4.78, 5) is 12.0. The highest BCUT2D eigenvalue weighted by Crippen LogP contribution is 2.32. The van der Waals surface area contributed by atoms with E-state index in [4.69, 9.17) is 30.5 Å². The van der Waals surface area contributed by atoms with Crippen LogP contribution in [0.1, 0.15) is 0 Å². The number of amides is 1. The van der Waals surface area contributed by atoms with E-state index in [0.717, 1.165) is 0 Å². The molecule has 0 unspecified atom stereocenters. The van der Waals surface area contributed by atoms with E-state index < -0.39 is 0 Å². The van der Waals surface area contributed by atoms with E-state index in [1.165, 1.54) is 0 Å². The summed E-state index contributed by atoms with van der Waals surface area (Å²) in [5, 5.41) is 16.0. The van der Waals surface area contributed by atoms with Gasteiger partial charge in [-0.05, 0) is 30.3 Å². The standard InChI is InChI=1S/C23H22ClN5O5/c1-31-15-7-8-16(19(13-15)32-2)23-27-26-20-9-10-22(28-29(20)23)33-12-11-25-21(30)14-34-18-6-4-3-5-17(18)24/h3-10,13H,11-12,14H2,1-2H3,(H,25,30). The summed E-state index contributed by atoms with van der Waals surface area (Å²) in [5.74, 6) is 2.23. The molecule has 2 heterocycles. The molecule has 1 amide bonds. The lowest BCUT2D eigenvalue weighted by Gasteiger charge is -2.10. The molecule has 2 aromatic carbocycles. The van der Waals surface area contributed by atoms with Crippen LogP contribution in [0.5, 0.6) is 23.1 Å². The van der Waals surface area contributed by atoms with Crippen LogP contribution in [-0.4, -0.2) is 59.7 Å². The van der Waals surface area contributed by atoms with Gasteiger partial charge in [0.2, 0.25) is 5.88 Å². The van der Waals surface area contributed by atoms with Crippen molar-refractivity contribution >= 4 is 23.2 Å². The van der Waals surface area contributed by atoms with Crippen molar-refractivity contribution in [2.24, 2.45) is 0 Å². The Morgan fingerprint density at radius 2 is 1.85 bits per heavy atom. The zero-order valence-corrected chi connectivity index (χ0v) is 19.3. The molecule has 10 nitrogen and oxygen atoms in total. The number of fused-ring (bicyclic) bond motifs is 1. The predicted octanol–water partition coefficient (Wildman–Crippen LogP) is 3.04. The first-order chi connectivity index (χ1) is 16.6. The Labute approximate surface area is 200 Å². The SMILES string of the molecule is COc1ccc(-c2nnc3ccc(OCCNC(=O)COc4ccccc4Cl)nn23)c(OC)c1. The zero-order chi connectivity index (χ0) is 23.9. The Kier molecular flexibility index (Phi) is 7.28. The van der Waals surface area contributed by atoms with Crippen molar-refractivity contribution in [3.05, 3.63) is 59.6 Å². The molecule has 4 rings (SSSR count).